The van der Waals surface area contributed by atoms with Gasteiger partial charge in [-0.1, -0.05) is 39.8 Å². The standard InChI is InChI=1S/C9H17Cl/c1-6(2)8(5)9(10)7(3)4/h6-7,9H,5H2,1-4H3. The van der Waals surface area contributed by atoms with E-state index in [1.165, 1.54) is 0 Å². The van der Waals surface area contributed by atoms with Gasteiger partial charge in [0.15, 0.2) is 0 Å². The third kappa shape index (κ3) is 2.74. The fourth-order valence-electron chi connectivity index (χ4n) is 0.747. The summed E-state index contributed by atoms with van der Waals surface area (Å²) in [5.41, 5.74) is 1.15. The van der Waals surface area contributed by atoms with Gasteiger partial charge in [0.1, 0.15) is 0 Å². The van der Waals surface area contributed by atoms with Crippen LogP contribution >= 0.6 is 11.6 Å². The zero-order chi connectivity index (χ0) is 8.31. The molecule has 0 aliphatic rings. The van der Waals surface area contributed by atoms with E-state index in [1.807, 2.05) is 0 Å². The molecule has 0 bridgehead atoms. The number of hydrogen-bond donors (Lipinski definition) is 0. The first-order valence-electron chi connectivity index (χ1n) is 3.79. The number of halogens is 1. The quantitative estimate of drug-likeness (QED) is 0.438. The van der Waals surface area contributed by atoms with E-state index in [9.17, 15) is 0 Å². The van der Waals surface area contributed by atoms with Crippen molar-refractivity contribution in [3.05, 3.63) is 12.2 Å². The van der Waals surface area contributed by atoms with Crippen molar-refractivity contribution in [1.82, 2.24) is 0 Å². The summed E-state index contributed by atoms with van der Waals surface area (Å²) in [7, 11) is 0. The monoisotopic (exact) mass is 160 g/mol. The maximum absolute atomic E-state index is 6.06. The van der Waals surface area contributed by atoms with E-state index < -0.39 is 0 Å². The van der Waals surface area contributed by atoms with Gasteiger partial charge in [0.25, 0.3) is 0 Å². The SMILES string of the molecule is C=C(C(C)C)C(Cl)C(C)C. The van der Waals surface area contributed by atoms with Crippen molar-refractivity contribution in [2.24, 2.45) is 11.8 Å². The third-order valence-electron chi connectivity index (χ3n) is 1.68. The topological polar surface area (TPSA) is 0 Å². The van der Waals surface area contributed by atoms with Crippen LogP contribution in [0.4, 0.5) is 0 Å². The molecule has 0 radical (unpaired) electrons. The minimum Gasteiger partial charge on any atom is -0.118 e. The molecule has 0 aliphatic heterocycles. The first-order valence-corrected chi connectivity index (χ1v) is 4.23. The summed E-state index contributed by atoms with van der Waals surface area (Å²) in [5.74, 6) is 1.00. The van der Waals surface area contributed by atoms with Gasteiger partial charge in [-0.25, -0.2) is 0 Å². The van der Waals surface area contributed by atoms with E-state index in [1.54, 1.807) is 0 Å². The lowest BCUT2D eigenvalue weighted by Gasteiger charge is -2.18. The van der Waals surface area contributed by atoms with Crippen molar-refractivity contribution >= 4 is 11.6 Å². The summed E-state index contributed by atoms with van der Waals surface area (Å²) in [6, 6.07) is 0. The van der Waals surface area contributed by atoms with Gasteiger partial charge in [0.05, 0.1) is 5.38 Å². The van der Waals surface area contributed by atoms with Gasteiger partial charge in [-0.2, -0.15) is 0 Å². The van der Waals surface area contributed by atoms with Crippen molar-refractivity contribution in [2.75, 3.05) is 0 Å². The lowest BCUT2D eigenvalue weighted by atomic mass is 9.95. The van der Waals surface area contributed by atoms with Crippen LogP contribution in [0.3, 0.4) is 0 Å². The lowest BCUT2D eigenvalue weighted by Crippen LogP contribution is -2.13. The molecule has 0 aromatic heterocycles. The maximum atomic E-state index is 6.06. The van der Waals surface area contributed by atoms with Crippen molar-refractivity contribution in [3.63, 3.8) is 0 Å². The number of alkyl halides is 1. The van der Waals surface area contributed by atoms with Crippen LogP contribution in [0.25, 0.3) is 0 Å². The van der Waals surface area contributed by atoms with Crippen molar-refractivity contribution in [2.45, 2.75) is 33.1 Å². The Morgan fingerprint density at radius 3 is 1.70 bits per heavy atom. The highest BCUT2D eigenvalue weighted by molar-refractivity contribution is 6.22. The Morgan fingerprint density at radius 1 is 1.20 bits per heavy atom. The van der Waals surface area contributed by atoms with E-state index in [2.05, 4.69) is 34.3 Å². The molecule has 0 heterocycles. The number of hydrogen-bond acceptors (Lipinski definition) is 0. The smallest absolute Gasteiger partial charge is 0.0568 e. The molecule has 0 aromatic rings. The Kier molecular flexibility index (Phi) is 4.04. The van der Waals surface area contributed by atoms with E-state index in [0.717, 1.165) is 5.57 Å². The summed E-state index contributed by atoms with van der Waals surface area (Å²) in [6.07, 6.45) is 0. The van der Waals surface area contributed by atoms with E-state index in [4.69, 9.17) is 11.6 Å². The molecular weight excluding hydrogens is 144 g/mol. The molecular formula is C9H17Cl. The van der Waals surface area contributed by atoms with Gasteiger partial charge in [0, 0.05) is 0 Å². The molecule has 0 aromatic carbocycles. The zero-order valence-corrected chi connectivity index (χ0v) is 8.07. The average molecular weight is 161 g/mol. The fourth-order valence-corrected chi connectivity index (χ4v) is 0.999. The Morgan fingerprint density at radius 2 is 1.60 bits per heavy atom. The molecule has 60 valence electrons. The van der Waals surface area contributed by atoms with E-state index in [-0.39, 0.29) is 5.38 Å². The van der Waals surface area contributed by atoms with Gasteiger partial charge in [-0.15, -0.1) is 11.6 Å². The average Bonchev–Trinajstić information content (AvgIpc) is 1.84. The van der Waals surface area contributed by atoms with Gasteiger partial charge in [-0.3, -0.25) is 0 Å². The Bertz CT molecular complexity index is 114. The second-order valence-electron chi connectivity index (χ2n) is 3.38. The second kappa shape index (κ2) is 4.02. The molecule has 0 spiro atoms. The summed E-state index contributed by atoms with van der Waals surface area (Å²) < 4.78 is 0. The highest BCUT2D eigenvalue weighted by Crippen LogP contribution is 2.22. The highest BCUT2D eigenvalue weighted by atomic mass is 35.5. The maximum Gasteiger partial charge on any atom is 0.0568 e. The zero-order valence-electron chi connectivity index (χ0n) is 7.32. The van der Waals surface area contributed by atoms with Crippen molar-refractivity contribution in [3.8, 4) is 0 Å². The minimum absolute atomic E-state index is 0.139. The van der Waals surface area contributed by atoms with Crippen molar-refractivity contribution in [1.29, 1.82) is 0 Å². The summed E-state index contributed by atoms with van der Waals surface area (Å²) in [6.45, 7) is 12.4. The van der Waals surface area contributed by atoms with Gasteiger partial charge < -0.3 is 0 Å². The largest absolute Gasteiger partial charge is 0.118 e. The Hall–Kier alpha value is 0.0300. The molecule has 0 N–H and O–H groups in total. The van der Waals surface area contributed by atoms with Crippen molar-refractivity contribution < 1.29 is 0 Å². The Labute approximate surface area is 69.3 Å². The van der Waals surface area contributed by atoms with E-state index >= 15 is 0 Å². The van der Waals surface area contributed by atoms with Crippen LogP contribution in [0.15, 0.2) is 12.2 Å². The summed E-state index contributed by atoms with van der Waals surface area (Å²) in [5, 5.41) is 0.139. The van der Waals surface area contributed by atoms with Gasteiger partial charge in [-0.05, 0) is 11.8 Å². The molecule has 1 heteroatoms. The molecule has 0 amide bonds. The van der Waals surface area contributed by atoms with Crippen LogP contribution in [0.1, 0.15) is 27.7 Å². The van der Waals surface area contributed by atoms with Crippen LogP contribution in [0.5, 0.6) is 0 Å². The molecule has 0 saturated carbocycles. The molecule has 10 heavy (non-hydrogen) atoms. The fraction of sp³-hybridized carbons (Fsp3) is 0.778. The normalized spacial score (nSPS) is 14.3. The molecule has 0 fully saturated rings. The number of allylic oxidation sites excluding steroid dienone is 1. The first-order chi connectivity index (χ1) is 4.46. The molecule has 0 aliphatic carbocycles. The summed E-state index contributed by atoms with van der Waals surface area (Å²) >= 11 is 6.06. The number of rotatable bonds is 3. The third-order valence-corrected chi connectivity index (χ3v) is 2.47. The first kappa shape index (κ1) is 10.0. The van der Waals surface area contributed by atoms with Gasteiger partial charge >= 0.3 is 0 Å². The van der Waals surface area contributed by atoms with Crippen LogP contribution in [-0.4, -0.2) is 5.38 Å². The lowest BCUT2D eigenvalue weighted by molar-refractivity contribution is 0.597. The predicted molar refractivity (Wildman–Crippen MR) is 48.5 cm³/mol. The van der Waals surface area contributed by atoms with Gasteiger partial charge in [0.2, 0.25) is 0 Å². The molecule has 1 atom stereocenters. The van der Waals surface area contributed by atoms with E-state index in [0.29, 0.717) is 11.8 Å². The molecule has 0 saturated heterocycles. The molecule has 0 nitrogen and oxygen atoms in total. The second-order valence-corrected chi connectivity index (χ2v) is 3.85. The summed E-state index contributed by atoms with van der Waals surface area (Å²) in [4.78, 5) is 0. The van der Waals surface area contributed by atoms with Crippen LogP contribution < -0.4 is 0 Å². The minimum atomic E-state index is 0.139. The molecule has 1 unspecified atom stereocenters. The Balaban J connectivity index is 3.95. The highest BCUT2D eigenvalue weighted by Gasteiger charge is 2.15. The van der Waals surface area contributed by atoms with Crippen LogP contribution in [0.2, 0.25) is 0 Å². The van der Waals surface area contributed by atoms with Crippen LogP contribution in [-0.2, 0) is 0 Å². The molecule has 0 rings (SSSR count). The predicted octanol–water partition coefficient (Wildman–Crippen LogP) is 3.46. The van der Waals surface area contributed by atoms with Crippen LogP contribution in [0, 0.1) is 11.8 Å².